The SMILES string of the molecule is CCCCCCCCC(CC1(C)CC(=O)C1)C(OCC)(OCC)OCC. The molecule has 4 nitrogen and oxygen atoms in total. The van der Waals surface area contributed by atoms with Crippen molar-refractivity contribution in [3.63, 3.8) is 0 Å². The maximum Gasteiger partial charge on any atom is 0.285 e. The molecule has 0 aromatic heterocycles. The lowest BCUT2D eigenvalue weighted by molar-refractivity contribution is -0.405. The molecule has 0 heterocycles. The fourth-order valence-electron chi connectivity index (χ4n) is 4.30. The number of ether oxygens (including phenoxy) is 3. The number of rotatable bonds is 16. The minimum absolute atomic E-state index is 0.0700. The van der Waals surface area contributed by atoms with Gasteiger partial charge < -0.3 is 14.2 Å². The van der Waals surface area contributed by atoms with Crippen LogP contribution in [0, 0.1) is 11.3 Å². The largest absolute Gasteiger partial charge is 0.328 e. The van der Waals surface area contributed by atoms with Gasteiger partial charge in [0.05, 0.1) is 0 Å². The standard InChI is InChI=1S/C22H42O4/c1-6-10-11-12-13-14-15-19(16-21(5)17-20(23)18-21)22(24-7-2,25-8-3)26-9-4/h19H,6-18H2,1-5H3. The Bertz CT molecular complexity index is 369. The van der Waals surface area contributed by atoms with Crippen LogP contribution in [0.1, 0.15) is 98.8 Å². The maximum atomic E-state index is 11.6. The van der Waals surface area contributed by atoms with Crippen molar-refractivity contribution < 1.29 is 19.0 Å². The molecule has 0 amide bonds. The van der Waals surface area contributed by atoms with Crippen LogP contribution in [-0.2, 0) is 19.0 Å². The summed E-state index contributed by atoms with van der Waals surface area (Å²) in [4.78, 5) is 11.6. The molecule has 1 saturated carbocycles. The van der Waals surface area contributed by atoms with E-state index in [-0.39, 0.29) is 11.3 Å². The first-order chi connectivity index (χ1) is 12.4. The third-order valence-electron chi connectivity index (χ3n) is 5.43. The second-order valence-electron chi connectivity index (χ2n) is 8.06. The summed E-state index contributed by atoms with van der Waals surface area (Å²) < 4.78 is 18.2. The van der Waals surface area contributed by atoms with Crippen LogP contribution in [0.5, 0.6) is 0 Å². The molecule has 4 heteroatoms. The highest BCUT2D eigenvalue weighted by atomic mass is 16.9. The number of hydrogen-bond donors (Lipinski definition) is 0. The van der Waals surface area contributed by atoms with Crippen LogP contribution in [0.25, 0.3) is 0 Å². The van der Waals surface area contributed by atoms with E-state index < -0.39 is 5.97 Å². The van der Waals surface area contributed by atoms with Crippen LogP contribution >= 0.6 is 0 Å². The molecule has 1 rings (SSSR count). The summed E-state index contributed by atoms with van der Waals surface area (Å²) >= 11 is 0. The zero-order valence-electron chi connectivity index (χ0n) is 17.9. The van der Waals surface area contributed by atoms with Gasteiger partial charge in [-0.05, 0) is 39.0 Å². The van der Waals surface area contributed by atoms with E-state index in [0.717, 1.165) is 19.3 Å². The average molecular weight is 371 g/mol. The highest BCUT2D eigenvalue weighted by Gasteiger charge is 2.48. The number of Topliss-reactive ketones (excluding diaryl/α,β-unsaturated/α-hetero) is 1. The molecule has 1 fully saturated rings. The van der Waals surface area contributed by atoms with Crippen molar-refractivity contribution in [3.8, 4) is 0 Å². The topological polar surface area (TPSA) is 44.8 Å². The van der Waals surface area contributed by atoms with E-state index in [1.807, 2.05) is 20.8 Å². The Hall–Kier alpha value is -0.450. The molecule has 154 valence electrons. The quantitative estimate of drug-likeness (QED) is 0.251. The van der Waals surface area contributed by atoms with Crippen LogP contribution in [0.4, 0.5) is 0 Å². The van der Waals surface area contributed by atoms with Crippen molar-refractivity contribution >= 4 is 5.78 Å². The summed E-state index contributed by atoms with van der Waals surface area (Å²) in [6.45, 7) is 12.1. The van der Waals surface area contributed by atoms with E-state index in [2.05, 4.69) is 13.8 Å². The lowest BCUT2D eigenvalue weighted by atomic mass is 9.64. The normalized spacial score (nSPS) is 18.0. The molecule has 1 atom stereocenters. The summed E-state index contributed by atoms with van der Waals surface area (Å²) in [5.74, 6) is -0.434. The zero-order valence-corrected chi connectivity index (χ0v) is 17.9. The van der Waals surface area contributed by atoms with Crippen LogP contribution in [0.15, 0.2) is 0 Å². The lowest BCUT2D eigenvalue weighted by Gasteiger charge is -2.45. The van der Waals surface area contributed by atoms with Gasteiger partial charge in [-0.15, -0.1) is 0 Å². The Morgan fingerprint density at radius 1 is 0.885 bits per heavy atom. The molecule has 0 bridgehead atoms. The van der Waals surface area contributed by atoms with E-state index in [1.165, 1.54) is 32.1 Å². The molecule has 0 radical (unpaired) electrons. The zero-order chi connectivity index (χ0) is 19.5. The first-order valence-electron chi connectivity index (χ1n) is 10.9. The van der Waals surface area contributed by atoms with E-state index in [4.69, 9.17) is 14.2 Å². The molecule has 0 aromatic carbocycles. The summed E-state index contributed by atoms with van der Waals surface area (Å²) in [6, 6.07) is 0. The molecular formula is C22H42O4. The predicted octanol–water partition coefficient (Wildman–Crippen LogP) is 5.88. The van der Waals surface area contributed by atoms with Gasteiger partial charge in [-0.1, -0.05) is 52.4 Å². The van der Waals surface area contributed by atoms with E-state index in [0.29, 0.717) is 38.4 Å². The van der Waals surface area contributed by atoms with Crippen molar-refractivity contribution in [3.05, 3.63) is 0 Å². The number of carbonyl (C=O) groups excluding carboxylic acids is 1. The van der Waals surface area contributed by atoms with Gasteiger partial charge in [0.25, 0.3) is 5.97 Å². The highest BCUT2D eigenvalue weighted by molar-refractivity contribution is 5.85. The monoisotopic (exact) mass is 370 g/mol. The van der Waals surface area contributed by atoms with Gasteiger partial charge in [-0.25, -0.2) is 0 Å². The van der Waals surface area contributed by atoms with Crippen molar-refractivity contribution in [2.24, 2.45) is 11.3 Å². The molecule has 1 aliphatic rings. The number of hydrogen-bond acceptors (Lipinski definition) is 4. The second kappa shape index (κ2) is 12.1. The average Bonchev–Trinajstić information content (AvgIpc) is 2.56. The highest BCUT2D eigenvalue weighted by Crippen LogP contribution is 2.47. The van der Waals surface area contributed by atoms with E-state index in [9.17, 15) is 4.79 Å². The number of carbonyl (C=O) groups is 1. The smallest absolute Gasteiger partial charge is 0.285 e. The van der Waals surface area contributed by atoms with Gasteiger partial charge in [0, 0.05) is 38.6 Å². The summed E-state index contributed by atoms with van der Waals surface area (Å²) in [5.41, 5.74) is 0.0700. The molecule has 1 unspecified atom stereocenters. The molecule has 0 spiro atoms. The Balaban J connectivity index is 2.79. The Morgan fingerprint density at radius 2 is 1.38 bits per heavy atom. The van der Waals surface area contributed by atoms with Crippen molar-refractivity contribution in [2.75, 3.05) is 19.8 Å². The number of ketones is 1. The van der Waals surface area contributed by atoms with Crippen molar-refractivity contribution in [1.29, 1.82) is 0 Å². The molecular weight excluding hydrogens is 328 g/mol. The molecule has 26 heavy (non-hydrogen) atoms. The minimum Gasteiger partial charge on any atom is -0.328 e. The first kappa shape index (κ1) is 23.6. The van der Waals surface area contributed by atoms with E-state index in [1.54, 1.807) is 0 Å². The van der Waals surface area contributed by atoms with Gasteiger partial charge in [0.15, 0.2) is 0 Å². The molecule has 0 aliphatic heterocycles. The summed E-state index contributed by atoms with van der Waals surface area (Å²) in [7, 11) is 0. The van der Waals surface area contributed by atoms with Gasteiger partial charge >= 0.3 is 0 Å². The third-order valence-corrected chi connectivity index (χ3v) is 5.43. The van der Waals surface area contributed by atoms with Crippen LogP contribution < -0.4 is 0 Å². The Morgan fingerprint density at radius 3 is 1.85 bits per heavy atom. The Kier molecular flexibility index (Phi) is 11.0. The first-order valence-corrected chi connectivity index (χ1v) is 10.9. The molecule has 0 aromatic rings. The van der Waals surface area contributed by atoms with E-state index >= 15 is 0 Å². The third kappa shape index (κ3) is 7.28. The van der Waals surface area contributed by atoms with Crippen LogP contribution in [0.2, 0.25) is 0 Å². The number of unbranched alkanes of at least 4 members (excludes halogenated alkanes) is 5. The summed E-state index contributed by atoms with van der Waals surface area (Å²) in [5, 5.41) is 0. The maximum absolute atomic E-state index is 11.6. The fraction of sp³-hybridized carbons (Fsp3) is 0.955. The van der Waals surface area contributed by atoms with Crippen molar-refractivity contribution in [2.45, 2.75) is 105 Å². The molecule has 0 saturated heterocycles. The van der Waals surface area contributed by atoms with Gasteiger partial charge in [-0.3, -0.25) is 4.79 Å². The summed E-state index contributed by atoms with van der Waals surface area (Å²) in [6.07, 6.45) is 10.9. The van der Waals surface area contributed by atoms with Gasteiger partial charge in [-0.2, -0.15) is 0 Å². The molecule has 1 aliphatic carbocycles. The van der Waals surface area contributed by atoms with Crippen LogP contribution in [0.3, 0.4) is 0 Å². The lowest BCUT2D eigenvalue weighted by Crippen LogP contribution is -2.50. The minimum atomic E-state index is -0.969. The second-order valence-corrected chi connectivity index (χ2v) is 8.06. The Labute approximate surface area is 161 Å². The van der Waals surface area contributed by atoms with Gasteiger partial charge in [0.1, 0.15) is 5.78 Å². The van der Waals surface area contributed by atoms with Gasteiger partial charge in [0.2, 0.25) is 0 Å². The van der Waals surface area contributed by atoms with Crippen LogP contribution in [-0.4, -0.2) is 31.6 Å². The predicted molar refractivity (Wildman–Crippen MR) is 106 cm³/mol. The fourth-order valence-corrected chi connectivity index (χ4v) is 4.30. The van der Waals surface area contributed by atoms with Crippen molar-refractivity contribution in [1.82, 2.24) is 0 Å². The molecule has 0 N–H and O–H groups in total.